The normalized spacial score (nSPS) is 13.8. The quantitative estimate of drug-likeness (QED) is 0.178. The number of carbonyl (C=O) groups is 2. The van der Waals surface area contributed by atoms with Crippen LogP contribution in [0, 0.1) is 5.92 Å². The van der Waals surface area contributed by atoms with E-state index in [1.165, 1.54) is 22.9 Å². The first kappa shape index (κ1) is 28.9. The molecular weight excluding hydrogens is 567 g/mol. The van der Waals surface area contributed by atoms with Crippen LogP contribution in [0.5, 0.6) is 5.75 Å². The van der Waals surface area contributed by atoms with Gasteiger partial charge in [-0.05, 0) is 18.6 Å². The van der Waals surface area contributed by atoms with Gasteiger partial charge in [0.15, 0.2) is 22.9 Å². The van der Waals surface area contributed by atoms with Gasteiger partial charge in [-0.2, -0.15) is 18.3 Å². The van der Waals surface area contributed by atoms with Crippen molar-refractivity contribution in [3.8, 4) is 17.0 Å². The topological polar surface area (TPSA) is 127 Å². The van der Waals surface area contributed by atoms with Crippen LogP contribution in [-0.4, -0.2) is 62.6 Å². The van der Waals surface area contributed by atoms with Crippen LogP contribution in [0.3, 0.4) is 0 Å². The molecule has 3 N–H and O–H groups in total. The number of halogens is 5. The highest BCUT2D eigenvalue weighted by Crippen LogP contribution is 2.38. The van der Waals surface area contributed by atoms with E-state index in [0.29, 0.717) is 34.7 Å². The summed E-state index contributed by atoms with van der Waals surface area (Å²) in [5, 5.41) is 12.3. The third kappa shape index (κ3) is 5.74. The Balaban J connectivity index is 1.51. The Morgan fingerprint density at radius 1 is 1.26 bits per heavy atom. The highest BCUT2D eigenvalue weighted by atomic mass is 19.4. The second-order valence-corrected chi connectivity index (χ2v) is 9.51. The van der Waals surface area contributed by atoms with E-state index in [4.69, 9.17) is 4.74 Å². The van der Waals surface area contributed by atoms with Gasteiger partial charge in [0.05, 0.1) is 23.1 Å². The van der Waals surface area contributed by atoms with Crippen LogP contribution in [0.4, 0.5) is 33.5 Å². The Hall–Kier alpha value is -4.60. The number of fused-ring (bicyclic) bond motifs is 1. The average Bonchev–Trinajstić information content (AvgIpc) is 3.53. The number of hydrogen-bond donors (Lipinski definition) is 3. The van der Waals surface area contributed by atoms with E-state index in [0.717, 1.165) is 25.5 Å². The predicted octanol–water partition coefficient (Wildman–Crippen LogP) is 3.67. The summed E-state index contributed by atoms with van der Waals surface area (Å²) in [5.41, 5.74) is -0.726. The van der Waals surface area contributed by atoms with E-state index < -0.39 is 30.4 Å². The predicted molar refractivity (Wildman–Crippen MR) is 140 cm³/mol. The molecule has 3 aromatic heterocycles. The van der Waals surface area contributed by atoms with Crippen molar-refractivity contribution in [3.05, 3.63) is 53.7 Å². The average molecular weight is 593 g/mol. The summed E-state index contributed by atoms with van der Waals surface area (Å²) in [6.07, 6.45) is -2.79. The molecule has 1 aliphatic heterocycles. The molecule has 0 radical (unpaired) electrons. The molecule has 0 aliphatic carbocycles. The number of carbonyl (C=O) groups excluding carboxylic acids is 2. The minimum atomic E-state index is -4.92. The minimum absolute atomic E-state index is 0.0596. The zero-order valence-electron chi connectivity index (χ0n) is 22.1. The third-order valence-electron chi connectivity index (χ3n) is 6.75. The Kier molecular flexibility index (Phi) is 8.06. The first-order chi connectivity index (χ1) is 20.1. The van der Waals surface area contributed by atoms with Gasteiger partial charge in [-0.1, -0.05) is 6.92 Å². The summed E-state index contributed by atoms with van der Waals surface area (Å²) in [4.78, 5) is 32.8. The lowest BCUT2D eigenvalue weighted by molar-refractivity contribution is -0.141. The van der Waals surface area contributed by atoms with Crippen LogP contribution in [0.1, 0.15) is 28.5 Å². The van der Waals surface area contributed by atoms with Gasteiger partial charge in [-0.15, -0.1) is 0 Å². The van der Waals surface area contributed by atoms with Crippen LogP contribution in [0.15, 0.2) is 36.9 Å². The number of hydrogen-bond acceptors (Lipinski definition) is 8. The molecule has 1 aromatic carbocycles. The third-order valence-corrected chi connectivity index (χ3v) is 6.75. The molecule has 0 unspecified atom stereocenters. The monoisotopic (exact) mass is 592 g/mol. The molecule has 4 heterocycles. The van der Waals surface area contributed by atoms with E-state index in [2.05, 4.69) is 31.0 Å². The fourth-order valence-electron chi connectivity index (χ4n) is 4.69. The van der Waals surface area contributed by atoms with Crippen molar-refractivity contribution in [1.82, 2.24) is 34.8 Å². The van der Waals surface area contributed by atoms with Crippen LogP contribution >= 0.6 is 0 Å². The summed E-state index contributed by atoms with van der Waals surface area (Å²) in [6.45, 7) is 3.11. The number of imidazole rings is 1. The number of benzene rings is 1. The molecular formula is C26H25F5N8O3. The maximum Gasteiger partial charge on any atom is 0.435 e. The molecule has 1 aliphatic rings. The van der Waals surface area contributed by atoms with Crippen molar-refractivity contribution in [1.29, 1.82) is 0 Å². The molecule has 1 amide bonds. The van der Waals surface area contributed by atoms with Gasteiger partial charge in [0, 0.05) is 55.3 Å². The van der Waals surface area contributed by atoms with Crippen molar-refractivity contribution >= 4 is 29.5 Å². The fraction of sp³-hybridized carbons (Fsp3) is 0.346. The number of aromatic nitrogens is 5. The van der Waals surface area contributed by atoms with Crippen molar-refractivity contribution < 1.29 is 36.3 Å². The lowest BCUT2D eigenvalue weighted by Gasteiger charge is -2.27. The summed E-state index contributed by atoms with van der Waals surface area (Å²) in [7, 11) is 0. The summed E-state index contributed by atoms with van der Waals surface area (Å²) >= 11 is 0. The molecule has 0 atom stereocenters. The van der Waals surface area contributed by atoms with Crippen molar-refractivity contribution in [2.75, 3.05) is 25.0 Å². The standard InChI is InChI=1S/C26H25F5N8O3/c1-2-15-16(25(41)35-9-14-7-32-8-14)3-4-18(21(15)42-13-40)36-23-24-34-10-19(39(24)6-5-33-23)17-11-38(12-20(27)28)37-22(17)26(29,30)31/h3-6,10-11,13-14,20,32H,2,7-9,12H2,1H3,(H,33,36)(H,35,41). The van der Waals surface area contributed by atoms with Crippen LogP contribution in [0.25, 0.3) is 16.9 Å². The number of nitrogens with zero attached hydrogens (tertiary/aromatic N) is 5. The van der Waals surface area contributed by atoms with Crippen LogP contribution in [0.2, 0.25) is 0 Å². The zero-order chi connectivity index (χ0) is 30.0. The largest absolute Gasteiger partial charge is 0.435 e. The molecule has 11 nitrogen and oxygen atoms in total. The second-order valence-electron chi connectivity index (χ2n) is 9.51. The smallest absolute Gasteiger partial charge is 0.426 e. The van der Waals surface area contributed by atoms with Gasteiger partial charge in [0.25, 0.3) is 18.8 Å². The number of nitrogens with one attached hydrogen (secondary N) is 3. The highest BCUT2D eigenvalue weighted by molar-refractivity contribution is 5.97. The summed E-state index contributed by atoms with van der Waals surface area (Å²) < 4.78 is 74.1. The number of amides is 1. The van der Waals surface area contributed by atoms with E-state index in [9.17, 15) is 31.5 Å². The van der Waals surface area contributed by atoms with Gasteiger partial charge < -0.3 is 20.7 Å². The van der Waals surface area contributed by atoms with Gasteiger partial charge in [-0.3, -0.25) is 18.7 Å². The number of alkyl halides is 5. The van der Waals surface area contributed by atoms with Crippen molar-refractivity contribution in [2.45, 2.75) is 32.5 Å². The summed E-state index contributed by atoms with van der Waals surface area (Å²) in [5.74, 6) is 0.174. The van der Waals surface area contributed by atoms with E-state index >= 15 is 0 Å². The Morgan fingerprint density at radius 3 is 2.69 bits per heavy atom. The van der Waals surface area contributed by atoms with Gasteiger partial charge in [0.1, 0.15) is 6.54 Å². The summed E-state index contributed by atoms with van der Waals surface area (Å²) in [6, 6.07) is 3.08. The van der Waals surface area contributed by atoms with Crippen molar-refractivity contribution in [2.24, 2.45) is 5.92 Å². The lowest BCUT2D eigenvalue weighted by atomic mass is 10.0. The van der Waals surface area contributed by atoms with Crippen LogP contribution < -0.4 is 20.7 Å². The Bertz CT molecular complexity index is 1610. The molecule has 222 valence electrons. The first-order valence-corrected chi connectivity index (χ1v) is 12.9. The fourth-order valence-corrected chi connectivity index (χ4v) is 4.69. The minimum Gasteiger partial charge on any atom is -0.426 e. The lowest BCUT2D eigenvalue weighted by Crippen LogP contribution is -2.48. The van der Waals surface area contributed by atoms with E-state index in [1.807, 2.05) is 0 Å². The number of anilines is 2. The molecule has 1 saturated heterocycles. The van der Waals surface area contributed by atoms with E-state index in [-0.39, 0.29) is 41.0 Å². The first-order valence-electron chi connectivity index (χ1n) is 12.9. The molecule has 16 heteroatoms. The molecule has 0 spiro atoms. The van der Waals surface area contributed by atoms with Crippen LogP contribution in [-0.2, 0) is 23.9 Å². The number of rotatable bonds is 11. The Labute approximate surface area is 235 Å². The Morgan fingerprint density at radius 2 is 2.05 bits per heavy atom. The molecule has 0 bridgehead atoms. The molecule has 4 aromatic rings. The van der Waals surface area contributed by atoms with Gasteiger partial charge in [-0.25, -0.2) is 18.7 Å². The SMILES string of the molecule is CCc1c(C(=O)NCC2CNC2)ccc(Nc2nccn3c(-c4cn(CC(F)F)nc4C(F)(F)F)cnc23)c1OC=O. The second kappa shape index (κ2) is 11.7. The van der Waals surface area contributed by atoms with Gasteiger partial charge >= 0.3 is 6.18 Å². The molecule has 42 heavy (non-hydrogen) atoms. The maximum atomic E-state index is 13.8. The zero-order valence-corrected chi connectivity index (χ0v) is 22.1. The van der Waals surface area contributed by atoms with Gasteiger partial charge in [0.2, 0.25) is 0 Å². The molecule has 1 fully saturated rings. The van der Waals surface area contributed by atoms with E-state index in [1.54, 1.807) is 13.0 Å². The number of ether oxygens (including phenoxy) is 1. The molecule has 5 rings (SSSR count). The van der Waals surface area contributed by atoms with Crippen molar-refractivity contribution in [3.63, 3.8) is 0 Å². The maximum absolute atomic E-state index is 13.8. The molecule has 0 saturated carbocycles. The highest BCUT2D eigenvalue weighted by Gasteiger charge is 2.38.